The molecule has 7 heteroatoms. The zero-order chi connectivity index (χ0) is 18.2. The van der Waals surface area contributed by atoms with Gasteiger partial charge in [-0.2, -0.15) is 0 Å². The van der Waals surface area contributed by atoms with Gasteiger partial charge in [0.15, 0.2) is 17.5 Å². The molecule has 0 saturated carbocycles. The lowest BCUT2D eigenvalue weighted by Gasteiger charge is -2.14. The number of nitrogens with one attached hydrogen (secondary N) is 2. The Morgan fingerprint density at radius 1 is 0.960 bits per heavy atom. The Balaban J connectivity index is 1.95. The van der Waals surface area contributed by atoms with Crippen molar-refractivity contribution in [3.63, 3.8) is 0 Å². The first kappa shape index (κ1) is 18.5. The molecule has 2 aromatic rings. The van der Waals surface area contributed by atoms with Crippen LogP contribution in [0.25, 0.3) is 0 Å². The predicted octanol–water partition coefficient (Wildman–Crippen LogP) is 2.85. The Morgan fingerprint density at radius 2 is 1.68 bits per heavy atom. The third-order valence-electron chi connectivity index (χ3n) is 3.59. The molecule has 25 heavy (non-hydrogen) atoms. The van der Waals surface area contributed by atoms with Crippen molar-refractivity contribution < 1.29 is 18.3 Å². The molecule has 0 amide bonds. The van der Waals surface area contributed by atoms with Crippen molar-refractivity contribution in [1.29, 1.82) is 0 Å². The molecule has 2 aromatic carbocycles. The van der Waals surface area contributed by atoms with Crippen LogP contribution in [0, 0.1) is 11.6 Å². The number of rotatable bonds is 6. The minimum atomic E-state index is -0.480. The summed E-state index contributed by atoms with van der Waals surface area (Å²) in [7, 11) is 4.75. The molecule has 0 atom stereocenters. The lowest BCUT2D eigenvalue weighted by atomic mass is 10.2. The van der Waals surface area contributed by atoms with Gasteiger partial charge in [0.25, 0.3) is 0 Å². The smallest absolute Gasteiger partial charge is 0.191 e. The molecule has 5 nitrogen and oxygen atoms in total. The van der Waals surface area contributed by atoms with Crippen LogP contribution in [0.4, 0.5) is 8.78 Å². The van der Waals surface area contributed by atoms with Gasteiger partial charge in [-0.1, -0.05) is 6.07 Å². The molecular weight excluding hydrogens is 328 g/mol. The van der Waals surface area contributed by atoms with Crippen molar-refractivity contribution in [1.82, 2.24) is 10.6 Å². The highest BCUT2D eigenvalue weighted by Crippen LogP contribution is 2.27. The van der Waals surface area contributed by atoms with E-state index in [1.54, 1.807) is 21.3 Å². The quantitative estimate of drug-likeness (QED) is 0.622. The van der Waals surface area contributed by atoms with Crippen molar-refractivity contribution in [2.75, 3.05) is 21.3 Å². The second-order valence-electron chi connectivity index (χ2n) is 5.20. The van der Waals surface area contributed by atoms with Gasteiger partial charge in [0, 0.05) is 25.7 Å². The van der Waals surface area contributed by atoms with Crippen LogP contribution < -0.4 is 20.1 Å². The van der Waals surface area contributed by atoms with E-state index in [1.165, 1.54) is 0 Å². The van der Waals surface area contributed by atoms with E-state index in [1.807, 2.05) is 18.2 Å². The normalized spacial score (nSPS) is 11.2. The Morgan fingerprint density at radius 3 is 2.36 bits per heavy atom. The van der Waals surface area contributed by atoms with Crippen LogP contribution in [-0.2, 0) is 13.1 Å². The number of nitrogens with zero attached hydrogens (tertiary/aromatic N) is 1. The Bertz CT molecular complexity index is 751. The summed E-state index contributed by atoms with van der Waals surface area (Å²) in [6.07, 6.45) is 0. The fourth-order valence-corrected chi connectivity index (χ4v) is 2.25. The largest absolute Gasteiger partial charge is 0.493 e. The number of aliphatic imine (C=N–C) groups is 1. The number of hydrogen-bond donors (Lipinski definition) is 2. The van der Waals surface area contributed by atoms with E-state index in [0.29, 0.717) is 24.0 Å². The van der Waals surface area contributed by atoms with E-state index in [2.05, 4.69) is 15.6 Å². The molecule has 0 fully saturated rings. The topological polar surface area (TPSA) is 54.9 Å². The highest BCUT2D eigenvalue weighted by atomic mass is 19.1. The number of guanidine groups is 1. The van der Waals surface area contributed by atoms with Gasteiger partial charge in [0.1, 0.15) is 11.6 Å². The van der Waals surface area contributed by atoms with Gasteiger partial charge in [0.2, 0.25) is 0 Å². The van der Waals surface area contributed by atoms with Crippen LogP contribution in [0.1, 0.15) is 11.1 Å². The molecular formula is C18H21F2N3O2. The van der Waals surface area contributed by atoms with Crippen molar-refractivity contribution in [3.8, 4) is 11.5 Å². The van der Waals surface area contributed by atoms with Gasteiger partial charge in [-0.15, -0.1) is 0 Å². The Labute approximate surface area is 145 Å². The molecule has 0 aliphatic rings. The van der Waals surface area contributed by atoms with Gasteiger partial charge < -0.3 is 20.1 Å². The Kier molecular flexibility index (Phi) is 6.56. The number of ether oxygens (including phenoxy) is 2. The predicted molar refractivity (Wildman–Crippen MR) is 92.9 cm³/mol. The van der Waals surface area contributed by atoms with E-state index >= 15 is 0 Å². The first-order valence-electron chi connectivity index (χ1n) is 7.66. The number of halogens is 2. The van der Waals surface area contributed by atoms with Gasteiger partial charge in [-0.05, 0) is 35.9 Å². The summed E-state index contributed by atoms with van der Waals surface area (Å²) in [5, 5.41) is 6.06. The summed E-state index contributed by atoms with van der Waals surface area (Å²) in [4.78, 5) is 4.07. The third kappa shape index (κ3) is 5.07. The molecule has 134 valence electrons. The zero-order valence-electron chi connectivity index (χ0n) is 14.4. The minimum absolute atomic E-state index is 0.120. The van der Waals surface area contributed by atoms with Gasteiger partial charge >= 0.3 is 0 Å². The van der Waals surface area contributed by atoms with Crippen LogP contribution in [-0.4, -0.2) is 27.2 Å². The lowest BCUT2D eigenvalue weighted by Crippen LogP contribution is -2.36. The summed E-state index contributed by atoms with van der Waals surface area (Å²) >= 11 is 0. The monoisotopic (exact) mass is 349 g/mol. The maximum absolute atomic E-state index is 13.6. The van der Waals surface area contributed by atoms with Crippen LogP contribution >= 0.6 is 0 Å². The first-order chi connectivity index (χ1) is 12.1. The summed E-state index contributed by atoms with van der Waals surface area (Å²) in [6, 6.07) is 8.91. The first-order valence-corrected chi connectivity index (χ1v) is 7.66. The summed E-state index contributed by atoms with van der Waals surface area (Å²) in [5.41, 5.74) is 1.19. The molecule has 0 spiro atoms. The number of hydrogen-bond acceptors (Lipinski definition) is 3. The van der Waals surface area contributed by atoms with Crippen LogP contribution in [0.3, 0.4) is 0 Å². The van der Waals surface area contributed by atoms with E-state index in [4.69, 9.17) is 9.47 Å². The minimum Gasteiger partial charge on any atom is -0.493 e. The van der Waals surface area contributed by atoms with Crippen LogP contribution in [0.2, 0.25) is 0 Å². The summed E-state index contributed by atoms with van der Waals surface area (Å²) < 4.78 is 37.3. The maximum atomic E-state index is 13.6. The molecule has 0 radical (unpaired) electrons. The molecule has 0 saturated heterocycles. The highest BCUT2D eigenvalue weighted by molar-refractivity contribution is 5.79. The van der Waals surface area contributed by atoms with E-state index < -0.39 is 11.6 Å². The zero-order valence-corrected chi connectivity index (χ0v) is 14.4. The molecule has 2 N–H and O–H groups in total. The maximum Gasteiger partial charge on any atom is 0.191 e. The molecule has 0 unspecified atom stereocenters. The van der Waals surface area contributed by atoms with E-state index in [9.17, 15) is 8.78 Å². The fourth-order valence-electron chi connectivity index (χ4n) is 2.25. The average Bonchev–Trinajstić information content (AvgIpc) is 2.64. The lowest BCUT2D eigenvalue weighted by molar-refractivity contribution is 0.354. The summed E-state index contributed by atoms with van der Waals surface area (Å²) in [5.74, 6) is 0.802. The van der Waals surface area contributed by atoms with Crippen molar-refractivity contribution >= 4 is 5.96 Å². The third-order valence-corrected chi connectivity index (χ3v) is 3.59. The number of benzene rings is 2. The fraction of sp³-hybridized carbons (Fsp3) is 0.278. The average molecular weight is 349 g/mol. The number of methoxy groups -OCH3 is 2. The standard InChI is InChI=1S/C18H21F2N3O2/c1-21-18(23-11-13-9-14(19)5-6-15(13)20)22-10-12-4-7-16(24-2)17(8-12)25-3/h4-9H,10-11H2,1-3H3,(H2,21,22,23). The van der Waals surface area contributed by atoms with Gasteiger partial charge in [-0.25, -0.2) is 8.78 Å². The molecule has 0 aromatic heterocycles. The van der Waals surface area contributed by atoms with Crippen molar-refractivity contribution in [2.24, 2.45) is 4.99 Å². The highest BCUT2D eigenvalue weighted by Gasteiger charge is 2.07. The molecule has 0 aliphatic carbocycles. The van der Waals surface area contributed by atoms with E-state index in [0.717, 1.165) is 23.8 Å². The molecule has 0 heterocycles. The second-order valence-corrected chi connectivity index (χ2v) is 5.20. The SMILES string of the molecule is CN=C(NCc1ccc(OC)c(OC)c1)NCc1cc(F)ccc1F. The molecule has 2 rings (SSSR count). The van der Waals surface area contributed by atoms with Gasteiger partial charge in [-0.3, -0.25) is 4.99 Å². The molecule has 0 bridgehead atoms. The van der Waals surface area contributed by atoms with Crippen molar-refractivity contribution in [2.45, 2.75) is 13.1 Å². The van der Waals surface area contributed by atoms with Crippen LogP contribution in [0.5, 0.6) is 11.5 Å². The summed E-state index contributed by atoms with van der Waals surface area (Å²) in [6.45, 7) is 0.598. The van der Waals surface area contributed by atoms with E-state index in [-0.39, 0.29) is 12.1 Å². The van der Waals surface area contributed by atoms with Crippen molar-refractivity contribution in [3.05, 3.63) is 59.2 Å². The second kappa shape index (κ2) is 8.86. The molecule has 0 aliphatic heterocycles. The van der Waals surface area contributed by atoms with Crippen LogP contribution in [0.15, 0.2) is 41.4 Å². The van der Waals surface area contributed by atoms with Gasteiger partial charge in [0.05, 0.1) is 14.2 Å². The Hall–Kier alpha value is -2.83.